The van der Waals surface area contributed by atoms with Crippen molar-refractivity contribution in [1.82, 2.24) is 34.5 Å². The molecule has 2 aliphatic heterocycles. The number of benzene rings is 1. The zero-order valence-electron chi connectivity index (χ0n) is 24.6. The molecule has 0 radical (unpaired) electrons. The predicted molar refractivity (Wildman–Crippen MR) is 159 cm³/mol. The van der Waals surface area contributed by atoms with E-state index in [-0.39, 0.29) is 34.5 Å². The van der Waals surface area contributed by atoms with Crippen molar-refractivity contribution in [3.63, 3.8) is 0 Å². The van der Waals surface area contributed by atoms with Crippen LogP contribution in [0.3, 0.4) is 0 Å². The highest BCUT2D eigenvalue weighted by Crippen LogP contribution is 2.28. The molecule has 222 valence electrons. The van der Waals surface area contributed by atoms with Gasteiger partial charge in [-0.25, -0.2) is 14.4 Å². The molecule has 1 amide bonds. The van der Waals surface area contributed by atoms with Crippen molar-refractivity contribution in [3.8, 4) is 5.82 Å². The van der Waals surface area contributed by atoms with Gasteiger partial charge in [-0.1, -0.05) is 20.8 Å². The van der Waals surface area contributed by atoms with Crippen molar-refractivity contribution >= 4 is 34.5 Å². The van der Waals surface area contributed by atoms with E-state index in [1.807, 2.05) is 38.6 Å². The number of aromatic nitrogens is 5. The van der Waals surface area contributed by atoms with E-state index in [9.17, 15) is 14.4 Å². The fourth-order valence-corrected chi connectivity index (χ4v) is 5.52. The van der Waals surface area contributed by atoms with Crippen LogP contribution in [0.4, 0.5) is 10.2 Å². The van der Waals surface area contributed by atoms with Gasteiger partial charge in [0.1, 0.15) is 17.7 Å². The number of pyridine rings is 1. The molecule has 6 rings (SSSR count). The lowest BCUT2D eigenvalue weighted by Crippen LogP contribution is -2.44. The van der Waals surface area contributed by atoms with Gasteiger partial charge < -0.3 is 5.32 Å². The zero-order chi connectivity index (χ0) is 30.6. The van der Waals surface area contributed by atoms with E-state index >= 15 is 4.39 Å². The first-order valence-electron chi connectivity index (χ1n) is 14.0. The number of hydrogen-bond acceptors (Lipinski definition) is 9. The number of halogens is 1. The van der Waals surface area contributed by atoms with E-state index < -0.39 is 17.4 Å². The molecular weight excluding hydrogens is 553 g/mol. The van der Waals surface area contributed by atoms with Crippen LogP contribution in [-0.2, 0) is 23.3 Å². The quantitative estimate of drug-likeness (QED) is 0.354. The molecule has 0 saturated heterocycles. The van der Waals surface area contributed by atoms with E-state index in [0.29, 0.717) is 28.8 Å². The maximum atomic E-state index is 15.3. The van der Waals surface area contributed by atoms with Gasteiger partial charge in [-0.15, -0.1) is 0 Å². The van der Waals surface area contributed by atoms with Crippen LogP contribution < -0.4 is 10.9 Å². The number of hydrazone groups is 1. The average Bonchev–Trinajstić information content (AvgIpc) is 3.35. The van der Waals surface area contributed by atoms with Crippen LogP contribution in [0.1, 0.15) is 54.4 Å². The maximum absolute atomic E-state index is 15.3. The second-order valence-electron chi connectivity index (χ2n) is 12.0. The van der Waals surface area contributed by atoms with Crippen LogP contribution in [0.15, 0.2) is 46.6 Å². The number of nitrogens with zero attached hydrogens (tertiary/aromatic N) is 8. The summed E-state index contributed by atoms with van der Waals surface area (Å²) in [5.41, 5.74) is 1.56. The summed E-state index contributed by atoms with van der Waals surface area (Å²) < 4.78 is 18.1. The lowest BCUT2D eigenvalue weighted by molar-refractivity contribution is -0.131. The lowest BCUT2D eigenvalue weighted by atomic mass is 9.86. The molecule has 0 spiro atoms. The Kier molecular flexibility index (Phi) is 6.92. The first kappa shape index (κ1) is 28.3. The molecule has 3 aromatic heterocycles. The number of fused-ring (bicyclic) bond motifs is 2. The van der Waals surface area contributed by atoms with Crippen LogP contribution >= 0.6 is 0 Å². The largest absolute Gasteiger partial charge is 0.357 e. The minimum absolute atomic E-state index is 0.0453. The number of carbonyl (C=O) groups excluding carboxylic acids is 2. The summed E-state index contributed by atoms with van der Waals surface area (Å²) in [6.07, 6.45) is 3.54. The Balaban J connectivity index is 1.37. The van der Waals surface area contributed by atoms with Gasteiger partial charge in [-0.05, 0) is 36.2 Å². The van der Waals surface area contributed by atoms with Crippen LogP contribution in [0, 0.1) is 5.82 Å². The summed E-state index contributed by atoms with van der Waals surface area (Å²) in [6.45, 7) is 8.25. The molecule has 5 heterocycles. The maximum Gasteiger partial charge on any atom is 0.283 e. The summed E-state index contributed by atoms with van der Waals surface area (Å²) in [5.74, 6) is -0.416. The second kappa shape index (κ2) is 10.5. The number of carbonyl (C=O) groups is 2. The van der Waals surface area contributed by atoms with Crippen molar-refractivity contribution in [2.75, 3.05) is 26.0 Å². The van der Waals surface area contributed by atoms with E-state index in [4.69, 9.17) is 0 Å². The zero-order valence-corrected chi connectivity index (χ0v) is 24.6. The first-order valence-corrected chi connectivity index (χ1v) is 14.0. The molecule has 0 bridgehead atoms. The van der Waals surface area contributed by atoms with Gasteiger partial charge in [0.15, 0.2) is 12.1 Å². The average molecular weight is 586 g/mol. The Bertz CT molecular complexity index is 1870. The molecule has 1 N–H and O–H groups in total. The molecule has 2 aliphatic rings. The summed E-state index contributed by atoms with van der Waals surface area (Å²) in [7, 11) is 3.58. The fourth-order valence-electron chi connectivity index (χ4n) is 5.52. The van der Waals surface area contributed by atoms with Crippen molar-refractivity contribution in [2.24, 2.45) is 5.10 Å². The molecule has 1 unspecified atom stereocenters. The number of hydrogen-bond donors (Lipinski definition) is 1. The monoisotopic (exact) mass is 585 g/mol. The third-order valence-corrected chi connectivity index (χ3v) is 7.90. The van der Waals surface area contributed by atoms with Gasteiger partial charge in [0.2, 0.25) is 0 Å². The van der Waals surface area contributed by atoms with Gasteiger partial charge in [0.25, 0.3) is 11.5 Å². The summed E-state index contributed by atoms with van der Waals surface area (Å²) in [5, 5.41) is 18.0. The van der Waals surface area contributed by atoms with Gasteiger partial charge in [-0.2, -0.15) is 20.0 Å². The molecule has 0 saturated carbocycles. The molecule has 12 nitrogen and oxygen atoms in total. The molecule has 4 aromatic rings. The van der Waals surface area contributed by atoms with E-state index in [1.54, 1.807) is 12.1 Å². The predicted octanol–water partition coefficient (Wildman–Crippen LogP) is 2.72. The van der Waals surface area contributed by atoms with Crippen molar-refractivity contribution in [2.45, 2.75) is 51.7 Å². The minimum Gasteiger partial charge on any atom is -0.357 e. The van der Waals surface area contributed by atoms with Crippen molar-refractivity contribution < 1.29 is 14.0 Å². The summed E-state index contributed by atoms with van der Waals surface area (Å²) in [6, 6.07) is 5.92. The van der Waals surface area contributed by atoms with Crippen molar-refractivity contribution in [3.05, 3.63) is 75.2 Å². The number of amides is 1. The minimum atomic E-state index is -0.741. The Labute approximate surface area is 246 Å². The molecule has 1 atom stereocenters. The van der Waals surface area contributed by atoms with Crippen LogP contribution in [0.25, 0.3) is 16.6 Å². The highest BCUT2D eigenvalue weighted by atomic mass is 19.1. The standard InChI is InChI=1S/C30H32FN9O3/c1-30(2,3)18-10-17-14-33-40(29(43)26(17)22(31)11-18)27-21(16-41)20(6-7-32-27)23-13-24(28(42)38(5)35-23)34-25-12-19-15-37(4)8-9-39(19)36-25/h6-7,10-12,14,16,24H,8-9,13,15H2,1-5H3,(H,34,36). The van der Waals surface area contributed by atoms with Crippen LogP contribution in [-0.4, -0.2) is 79.0 Å². The molecule has 1 aromatic carbocycles. The van der Waals surface area contributed by atoms with Gasteiger partial charge in [0, 0.05) is 49.8 Å². The van der Waals surface area contributed by atoms with Gasteiger partial charge in [0.05, 0.1) is 35.1 Å². The first-order chi connectivity index (χ1) is 20.4. The summed E-state index contributed by atoms with van der Waals surface area (Å²) in [4.78, 5) is 45.6. The molecule has 43 heavy (non-hydrogen) atoms. The molecule has 0 fully saturated rings. The van der Waals surface area contributed by atoms with Crippen molar-refractivity contribution in [1.29, 1.82) is 0 Å². The Hall–Kier alpha value is -4.78. The highest BCUT2D eigenvalue weighted by Gasteiger charge is 2.32. The highest BCUT2D eigenvalue weighted by molar-refractivity contribution is 6.11. The number of nitrogens with one attached hydrogen (secondary N) is 1. The third kappa shape index (κ3) is 5.09. The van der Waals surface area contributed by atoms with E-state index in [2.05, 4.69) is 30.5 Å². The van der Waals surface area contributed by atoms with E-state index in [0.717, 1.165) is 35.6 Å². The Morgan fingerprint density at radius 2 is 1.91 bits per heavy atom. The SMILES string of the molecule is CN1CCn2nc(NC3CC(c4ccnc(-n5ncc6cc(C(C)(C)C)cc(F)c6c5=O)c4C=O)=NN(C)C3=O)cc2C1. The van der Waals surface area contributed by atoms with Gasteiger partial charge >= 0.3 is 0 Å². The second-order valence-corrected chi connectivity index (χ2v) is 12.0. The topological polar surface area (TPSA) is 131 Å². The van der Waals surface area contributed by atoms with Crippen LogP contribution in [0.2, 0.25) is 0 Å². The Morgan fingerprint density at radius 3 is 2.65 bits per heavy atom. The molecule has 13 heteroatoms. The van der Waals surface area contributed by atoms with Crippen LogP contribution in [0.5, 0.6) is 0 Å². The van der Waals surface area contributed by atoms with E-state index in [1.165, 1.54) is 30.5 Å². The number of anilines is 1. The van der Waals surface area contributed by atoms with Gasteiger partial charge in [-0.3, -0.25) is 24.0 Å². The molecular formula is C30H32FN9O3. The molecule has 0 aliphatic carbocycles. The number of likely N-dealkylation sites (N-methyl/N-ethyl adjacent to an activating group) is 2. The number of rotatable bonds is 5. The lowest BCUT2D eigenvalue weighted by Gasteiger charge is -2.28. The normalized spacial score (nSPS) is 17.6. The number of aldehydes is 1. The summed E-state index contributed by atoms with van der Waals surface area (Å²) >= 11 is 0. The smallest absolute Gasteiger partial charge is 0.283 e. The third-order valence-electron chi connectivity index (χ3n) is 7.90. The Morgan fingerprint density at radius 1 is 1.12 bits per heavy atom. The fraction of sp³-hybridized carbons (Fsp3) is 0.367.